The molecule has 0 aliphatic carbocycles. The van der Waals surface area contributed by atoms with Crippen molar-refractivity contribution in [3.63, 3.8) is 0 Å². The molecule has 0 unspecified atom stereocenters. The second kappa shape index (κ2) is 24.6. The molecule has 1 fully saturated rings. The van der Waals surface area contributed by atoms with Gasteiger partial charge in [-0.15, -0.1) is 17.8 Å². The van der Waals surface area contributed by atoms with E-state index in [1.54, 1.807) is 36.1 Å². The molecule has 1 saturated heterocycles. The first-order valence-corrected chi connectivity index (χ1v) is 22.8. The number of aryl methyl sites for hydroxylation is 1. The van der Waals surface area contributed by atoms with E-state index < -0.39 is 35.4 Å². The largest absolute Gasteiger partial charge is 0.487 e. The predicted octanol–water partition coefficient (Wildman–Crippen LogP) is 5.04. The minimum absolute atomic E-state index is 0.0354. The highest BCUT2D eigenvalue weighted by molar-refractivity contribution is 7.13. The molecule has 1 aliphatic rings. The van der Waals surface area contributed by atoms with Crippen LogP contribution >= 0.6 is 11.3 Å². The molecule has 6 rings (SSSR count). The minimum atomic E-state index is -0.998. The quantitative estimate of drug-likeness (QED) is 0.0600. The van der Waals surface area contributed by atoms with Gasteiger partial charge < -0.3 is 49.6 Å². The number of fused-ring (bicyclic) bond motifs is 1. The number of likely N-dealkylation sites (tertiary alicyclic amines) is 1. The monoisotopic (exact) mass is 941 g/mol. The van der Waals surface area contributed by atoms with Crippen molar-refractivity contribution in [1.29, 1.82) is 0 Å². The number of hydrogen-bond acceptors (Lipinski definition) is 14. The molecule has 68 heavy (non-hydrogen) atoms. The third-order valence-electron chi connectivity index (χ3n) is 10.6. The average Bonchev–Trinajstić information content (AvgIpc) is 3.95. The number of aromatic nitrogens is 3. The van der Waals surface area contributed by atoms with Gasteiger partial charge in [-0.2, -0.15) is 0 Å². The van der Waals surface area contributed by atoms with E-state index in [4.69, 9.17) is 30.1 Å². The van der Waals surface area contributed by atoms with Gasteiger partial charge in [0.25, 0.3) is 0 Å². The van der Waals surface area contributed by atoms with Crippen molar-refractivity contribution in [2.75, 3.05) is 65.2 Å². The second-order valence-corrected chi connectivity index (χ2v) is 17.5. The summed E-state index contributed by atoms with van der Waals surface area (Å²) in [6, 6.07) is 17.0. The van der Waals surface area contributed by atoms with Gasteiger partial charge in [0.2, 0.25) is 17.7 Å². The van der Waals surface area contributed by atoms with E-state index >= 15 is 0 Å². The zero-order chi connectivity index (χ0) is 48.5. The van der Waals surface area contributed by atoms with E-state index in [0.29, 0.717) is 41.4 Å². The van der Waals surface area contributed by atoms with Gasteiger partial charge in [-0.05, 0) is 59.6 Å². The first-order chi connectivity index (χ1) is 32.8. The molecule has 3 amide bonds. The van der Waals surface area contributed by atoms with Gasteiger partial charge in [0.15, 0.2) is 11.5 Å². The summed E-state index contributed by atoms with van der Waals surface area (Å²) in [5.41, 5.74) is 6.11. The number of carbonyl (C=O) groups is 3. The molecule has 354 valence electrons. The minimum Gasteiger partial charge on any atom is -0.487 e. The third kappa shape index (κ3) is 14.2. The molecule has 2 aromatic heterocycles. The number of nitrogens with zero attached hydrogens (tertiary/aromatic N) is 4. The molecular weight excluding hydrogens is 887 g/mol. The van der Waals surface area contributed by atoms with Crippen molar-refractivity contribution >= 4 is 51.5 Å². The van der Waals surface area contributed by atoms with Crippen LogP contribution in [0, 0.1) is 48.4 Å². The number of aliphatic hydroxyl groups excluding tert-OH is 1. The number of amides is 3. The number of hydrogen-bond donors (Lipinski definition) is 4. The number of aliphatic hydroxyl groups is 1. The number of rotatable bonds is 20. The van der Waals surface area contributed by atoms with E-state index in [1.807, 2.05) is 76.2 Å². The van der Waals surface area contributed by atoms with Crippen molar-refractivity contribution < 1.29 is 43.2 Å². The number of terminal acetylenes is 1. The number of thiazole rings is 1. The van der Waals surface area contributed by atoms with Gasteiger partial charge in [0, 0.05) is 49.3 Å². The second-order valence-electron chi connectivity index (χ2n) is 16.7. The Bertz CT molecular complexity index is 2710. The van der Waals surface area contributed by atoms with Gasteiger partial charge in [-0.1, -0.05) is 68.9 Å². The molecule has 0 bridgehead atoms. The Balaban J connectivity index is 0.929. The smallest absolute Gasteiger partial charge is 0.246 e. The maximum absolute atomic E-state index is 13.9. The number of ether oxygens (including phenoxy) is 5. The Morgan fingerprint density at radius 2 is 1.68 bits per heavy atom. The maximum atomic E-state index is 13.9. The Labute approximate surface area is 400 Å². The molecule has 5 aromatic rings. The normalized spacial score (nSPS) is 14.7. The molecular formula is C51H55N7O9S. The van der Waals surface area contributed by atoms with Gasteiger partial charge in [0.05, 0.1) is 40.9 Å². The number of methoxy groups -OCH3 is 1. The van der Waals surface area contributed by atoms with Crippen LogP contribution in [0.1, 0.15) is 44.0 Å². The molecule has 16 nitrogen and oxygen atoms in total. The van der Waals surface area contributed by atoms with E-state index in [2.05, 4.69) is 60.5 Å². The van der Waals surface area contributed by atoms with Crippen molar-refractivity contribution in [3.05, 3.63) is 89.3 Å². The van der Waals surface area contributed by atoms with Gasteiger partial charge in [-0.3, -0.25) is 14.4 Å². The van der Waals surface area contributed by atoms with E-state index in [1.165, 1.54) is 11.2 Å². The Kier molecular flexibility index (Phi) is 18.3. The Morgan fingerprint density at radius 1 is 0.941 bits per heavy atom. The van der Waals surface area contributed by atoms with Crippen LogP contribution in [0.5, 0.6) is 11.5 Å². The van der Waals surface area contributed by atoms with E-state index in [0.717, 1.165) is 32.9 Å². The summed E-state index contributed by atoms with van der Waals surface area (Å²) in [7, 11) is 1.59. The molecule has 3 heterocycles. The van der Waals surface area contributed by atoms with E-state index in [9.17, 15) is 19.5 Å². The standard InChI is InChI=1S/C51H55N7O9S/c1-7-35-13-12-14-38(25-35)56-48-40-27-43(44(66-23-21-63-6)28-41(40)53-32-54-48)67-24-22-64-19-10-8-9-11-20-65-31-45(60)57-47(51(3,4)5)50(62)58-30-39(59)26-42(58)49(61)52-29-36-15-17-37(18-16-36)46-34(2)55-33-68-46/h1,12-18,25,27-28,32-33,39,42,47,59H,19-24,26,29-31H2,2-6H3,(H,52,61)(H,57,60)(H,53,54,56)/t39-,42+,47+/m0/s1. The number of anilines is 2. The highest BCUT2D eigenvalue weighted by Crippen LogP contribution is 2.35. The van der Waals surface area contributed by atoms with E-state index in [-0.39, 0.29) is 58.5 Å². The summed E-state index contributed by atoms with van der Waals surface area (Å²) >= 11 is 1.57. The topological polar surface area (TPSA) is 196 Å². The summed E-state index contributed by atoms with van der Waals surface area (Å²) in [4.78, 5) is 56.0. The first kappa shape index (κ1) is 50.4. The molecule has 17 heteroatoms. The maximum Gasteiger partial charge on any atom is 0.246 e. The van der Waals surface area contributed by atoms with Crippen LogP contribution in [0.2, 0.25) is 0 Å². The van der Waals surface area contributed by atoms with Crippen LogP contribution in [0.25, 0.3) is 21.3 Å². The number of β-amino-alcohol motifs (C(OH)–C–C–N with tert-alkyl or cyclic N) is 1. The fourth-order valence-corrected chi connectivity index (χ4v) is 7.93. The molecule has 3 atom stereocenters. The van der Waals surface area contributed by atoms with Gasteiger partial charge in [-0.25, -0.2) is 15.0 Å². The average molecular weight is 942 g/mol. The predicted molar refractivity (Wildman–Crippen MR) is 259 cm³/mol. The molecule has 0 radical (unpaired) electrons. The lowest BCUT2D eigenvalue weighted by Gasteiger charge is -2.35. The summed E-state index contributed by atoms with van der Waals surface area (Å²) in [6.45, 7) is 8.35. The van der Waals surface area contributed by atoms with Crippen molar-refractivity contribution in [2.24, 2.45) is 5.41 Å². The number of nitrogens with one attached hydrogen (secondary N) is 3. The lowest BCUT2D eigenvalue weighted by atomic mass is 9.85. The Hall–Kier alpha value is -7.04. The van der Waals surface area contributed by atoms with Crippen LogP contribution in [-0.2, 0) is 35.1 Å². The summed E-state index contributed by atoms with van der Waals surface area (Å²) in [5, 5.41) is 20.2. The van der Waals surface area contributed by atoms with Crippen LogP contribution in [0.3, 0.4) is 0 Å². The lowest BCUT2D eigenvalue weighted by Crippen LogP contribution is -2.58. The molecule has 0 spiro atoms. The molecule has 3 aromatic carbocycles. The zero-order valence-corrected chi connectivity index (χ0v) is 39.5. The zero-order valence-electron chi connectivity index (χ0n) is 38.7. The lowest BCUT2D eigenvalue weighted by molar-refractivity contribution is -0.144. The number of benzene rings is 3. The Morgan fingerprint density at radius 3 is 2.38 bits per heavy atom. The van der Waals surface area contributed by atoms with Crippen LogP contribution in [-0.4, -0.2) is 121 Å². The van der Waals surface area contributed by atoms with Crippen LogP contribution < -0.4 is 25.4 Å². The molecule has 0 saturated carbocycles. The fraction of sp³-hybridized carbons (Fsp3) is 0.373. The summed E-state index contributed by atoms with van der Waals surface area (Å²) < 4.78 is 28.2. The first-order valence-electron chi connectivity index (χ1n) is 21.9. The van der Waals surface area contributed by atoms with Crippen LogP contribution in [0.4, 0.5) is 11.5 Å². The molecule has 1 aliphatic heterocycles. The summed E-state index contributed by atoms with van der Waals surface area (Å²) in [6.07, 6.45) is 6.24. The fourth-order valence-electron chi connectivity index (χ4n) is 7.12. The van der Waals surface area contributed by atoms with Crippen LogP contribution in [0.15, 0.2) is 72.5 Å². The van der Waals surface area contributed by atoms with Crippen molar-refractivity contribution in [2.45, 2.75) is 58.8 Å². The SMILES string of the molecule is C#Cc1cccc(Nc2ncnc3cc(OCCOC)c(OCCOCC#CC#CCOCC(=O)N[C@H](C(=O)N4C[C@@H](O)C[C@@H]4C(=O)NCc4ccc(-c5scnc5C)cc4)C(C)(C)C)cc23)c1. The highest BCUT2D eigenvalue weighted by Gasteiger charge is 2.44. The third-order valence-corrected chi connectivity index (χ3v) is 11.5. The molecule has 4 N–H and O–H groups in total. The van der Waals surface area contributed by atoms with Crippen molar-refractivity contribution in [1.82, 2.24) is 30.5 Å². The highest BCUT2D eigenvalue weighted by atomic mass is 32.1. The van der Waals surface area contributed by atoms with Gasteiger partial charge >= 0.3 is 0 Å². The van der Waals surface area contributed by atoms with Crippen molar-refractivity contribution in [3.8, 4) is 58.0 Å². The summed E-state index contributed by atoms with van der Waals surface area (Å²) in [5.74, 6) is 13.7. The number of carbonyl (C=O) groups excluding carboxylic acids is 3. The van der Waals surface area contributed by atoms with Gasteiger partial charge in [0.1, 0.15) is 57.3 Å².